The smallest absolute Gasteiger partial charge is 0.630 e. The van der Waals surface area contributed by atoms with Crippen LogP contribution in [-0.4, -0.2) is 17.5 Å². The van der Waals surface area contributed by atoms with Crippen LogP contribution in [0.4, 0.5) is 4.32 Å². The maximum absolute atomic E-state index is 16.9. The number of nitrogens with zero attached hydrogens (tertiary/aromatic N) is 1. The summed E-state index contributed by atoms with van der Waals surface area (Å²) < 4.78 is 25.0. The zero-order valence-electron chi connectivity index (χ0n) is 17.0. The van der Waals surface area contributed by atoms with Gasteiger partial charge in [0.15, 0.2) is 0 Å². The van der Waals surface area contributed by atoms with Gasteiger partial charge >= 0.3 is 6.76 Å². The molecule has 3 aliphatic carbocycles. The molecular weight excluding hydrogens is 348 g/mol. The van der Waals surface area contributed by atoms with Gasteiger partial charge in [-0.15, -0.1) is 0 Å². The fourth-order valence-electron chi connectivity index (χ4n) is 6.25. The average Bonchev–Trinajstić information content (AvgIpc) is 2.69. The summed E-state index contributed by atoms with van der Waals surface area (Å²) in [6.45, 7) is 4.87. The molecular formula is C24H29BFNO. The first kappa shape index (κ1) is 18.0. The van der Waals surface area contributed by atoms with Gasteiger partial charge in [-0.05, 0) is 41.6 Å². The number of hydrogen-bond donors (Lipinski definition) is 0. The Bertz CT molecular complexity index is 927. The predicted molar refractivity (Wildman–Crippen MR) is 112 cm³/mol. The van der Waals surface area contributed by atoms with E-state index in [-0.39, 0.29) is 5.82 Å². The van der Waals surface area contributed by atoms with Gasteiger partial charge in [0.1, 0.15) is 12.8 Å². The highest BCUT2D eigenvalue weighted by molar-refractivity contribution is 6.62. The van der Waals surface area contributed by atoms with Gasteiger partial charge in [-0.25, -0.2) is 0 Å². The fraction of sp³-hybridized carbons (Fsp3) is 0.458. The monoisotopic (exact) mass is 377 g/mol. The number of halogens is 1. The van der Waals surface area contributed by atoms with Gasteiger partial charge in [-0.1, -0.05) is 75.6 Å². The summed E-state index contributed by atoms with van der Waals surface area (Å²) >= 11 is 0. The first-order valence-electron chi connectivity index (χ1n) is 10.7. The van der Waals surface area contributed by atoms with Crippen LogP contribution >= 0.6 is 0 Å². The molecule has 0 radical (unpaired) electrons. The summed E-state index contributed by atoms with van der Waals surface area (Å²) in [5.74, 6) is 2.13. The van der Waals surface area contributed by atoms with Crippen molar-refractivity contribution < 1.29 is 13.5 Å². The second-order valence-corrected chi connectivity index (χ2v) is 9.77. The van der Waals surface area contributed by atoms with Gasteiger partial charge in [0, 0.05) is 5.56 Å². The summed E-state index contributed by atoms with van der Waals surface area (Å²) in [6, 6.07) is 18.0. The van der Waals surface area contributed by atoms with E-state index in [1.165, 1.54) is 6.42 Å². The summed E-state index contributed by atoms with van der Waals surface area (Å²) in [6.07, 6.45) is 4.15. The van der Waals surface area contributed by atoms with Crippen molar-refractivity contribution in [2.45, 2.75) is 46.0 Å². The number of para-hydroxylation sites is 1. The van der Waals surface area contributed by atoms with Crippen molar-refractivity contribution in [1.29, 1.82) is 0 Å². The molecule has 0 saturated heterocycles. The van der Waals surface area contributed by atoms with Crippen molar-refractivity contribution in [1.82, 2.24) is 0 Å². The van der Waals surface area contributed by atoms with Gasteiger partial charge in [0.05, 0.1) is 11.3 Å². The van der Waals surface area contributed by atoms with Crippen molar-refractivity contribution >= 4 is 13.0 Å². The molecule has 4 aliphatic rings. The van der Waals surface area contributed by atoms with Crippen molar-refractivity contribution in [3.05, 3.63) is 65.7 Å². The van der Waals surface area contributed by atoms with Crippen LogP contribution in [0.2, 0.25) is 5.82 Å². The third kappa shape index (κ3) is 2.57. The molecule has 4 heteroatoms. The molecule has 1 heterocycles. The van der Waals surface area contributed by atoms with Crippen LogP contribution in [0.1, 0.15) is 44.7 Å². The molecule has 1 aliphatic heterocycles. The normalized spacial score (nSPS) is 35.2. The molecule has 0 N–H and O–H groups in total. The van der Waals surface area contributed by atoms with E-state index in [1.807, 2.05) is 53.2 Å². The molecule has 2 nitrogen and oxygen atoms in total. The molecule has 146 valence electrons. The quantitative estimate of drug-likeness (QED) is 0.626. The maximum atomic E-state index is 16.9. The lowest BCUT2D eigenvalue weighted by Gasteiger charge is -2.64. The summed E-state index contributed by atoms with van der Waals surface area (Å²) in [5.41, 5.74) is 2.41. The Labute approximate surface area is 167 Å². The van der Waals surface area contributed by atoms with Crippen LogP contribution in [0, 0.1) is 23.2 Å². The molecule has 2 bridgehead atoms. The number of hydrogen-bond acceptors (Lipinski definition) is 1. The van der Waals surface area contributed by atoms with Crippen molar-refractivity contribution in [2.75, 3.05) is 0 Å². The number of benzene rings is 2. The zero-order chi connectivity index (χ0) is 19.5. The molecule has 5 atom stereocenters. The van der Waals surface area contributed by atoms with Crippen LogP contribution in [0.5, 0.6) is 5.75 Å². The van der Waals surface area contributed by atoms with E-state index < -0.39 is 6.76 Å². The Kier molecular flexibility index (Phi) is 3.98. The van der Waals surface area contributed by atoms with Gasteiger partial charge in [0.25, 0.3) is 0 Å². The van der Waals surface area contributed by atoms with Gasteiger partial charge < -0.3 is 13.5 Å². The van der Waals surface area contributed by atoms with E-state index in [9.17, 15) is 0 Å². The molecule has 0 unspecified atom stereocenters. The number of rotatable bonds is 3. The lowest BCUT2D eigenvalue weighted by atomic mass is 9.36. The van der Waals surface area contributed by atoms with Gasteiger partial charge in [-0.3, -0.25) is 0 Å². The first-order valence-corrected chi connectivity index (χ1v) is 10.7. The highest BCUT2D eigenvalue weighted by atomic mass is 19.1. The van der Waals surface area contributed by atoms with Gasteiger partial charge in [0.2, 0.25) is 0 Å². The third-order valence-corrected chi connectivity index (χ3v) is 8.12. The second kappa shape index (κ2) is 6.20. The molecule has 0 aromatic heterocycles. The molecule has 3 fully saturated rings. The molecule has 6 rings (SSSR count). The molecule has 28 heavy (non-hydrogen) atoms. The minimum Gasteiger partial charge on any atom is -0.630 e. The Hall–Kier alpha value is -2.10. The lowest BCUT2D eigenvalue weighted by molar-refractivity contribution is -0.444. The highest BCUT2D eigenvalue weighted by Crippen LogP contribution is 2.66. The predicted octanol–water partition coefficient (Wildman–Crippen LogP) is 5.69. The SMILES string of the molecule is C[C@H]1[C@H]([B@-]2(F)Oc3ccccc3C=[N+]2Cc2ccccc2)C[C@@H]2C[C@H]1C2(C)C. The van der Waals surface area contributed by atoms with E-state index in [2.05, 4.69) is 32.9 Å². The van der Waals surface area contributed by atoms with E-state index in [1.54, 1.807) is 0 Å². The van der Waals surface area contributed by atoms with Crippen LogP contribution in [0.15, 0.2) is 54.6 Å². The van der Waals surface area contributed by atoms with E-state index in [4.69, 9.17) is 4.65 Å². The first-order chi connectivity index (χ1) is 13.4. The molecule has 2 aromatic carbocycles. The lowest BCUT2D eigenvalue weighted by Crippen LogP contribution is -2.64. The summed E-state index contributed by atoms with van der Waals surface area (Å²) in [7, 11) is 0. The maximum Gasteiger partial charge on any atom is 0.632 e. The van der Waals surface area contributed by atoms with Crippen molar-refractivity contribution in [3.8, 4) is 5.75 Å². The minimum absolute atomic E-state index is 0.0647. The highest BCUT2D eigenvalue weighted by Gasteiger charge is 2.65. The average molecular weight is 377 g/mol. The van der Waals surface area contributed by atoms with Crippen molar-refractivity contribution in [3.63, 3.8) is 0 Å². The molecule has 0 amide bonds. The van der Waals surface area contributed by atoms with Crippen molar-refractivity contribution in [2.24, 2.45) is 23.2 Å². The zero-order valence-corrected chi connectivity index (χ0v) is 17.0. The largest absolute Gasteiger partial charge is 0.632 e. The molecule has 3 saturated carbocycles. The van der Waals surface area contributed by atoms with E-state index in [0.29, 0.717) is 35.5 Å². The van der Waals surface area contributed by atoms with Gasteiger partial charge in [-0.2, -0.15) is 0 Å². The van der Waals surface area contributed by atoms with Crippen LogP contribution in [0.25, 0.3) is 0 Å². The topological polar surface area (TPSA) is 12.2 Å². The second-order valence-electron chi connectivity index (χ2n) is 9.77. The number of fused-ring (bicyclic) bond motifs is 3. The Morgan fingerprint density at radius 1 is 1.07 bits per heavy atom. The Balaban J connectivity index is 1.55. The fourth-order valence-corrected chi connectivity index (χ4v) is 6.25. The third-order valence-electron chi connectivity index (χ3n) is 8.12. The summed E-state index contributed by atoms with van der Waals surface area (Å²) in [5, 5.41) is 0. The summed E-state index contributed by atoms with van der Waals surface area (Å²) in [4.78, 5) is 0. The molecule has 0 spiro atoms. The van der Waals surface area contributed by atoms with Crippen LogP contribution in [-0.2, 0) is 6.54 Å². The Morgan fingerprint density at radius 3 is 2.50 bits per heavy atom. The van der Waals surface area contributed by atoms with E-state index in [0.717, 1.165) is 17.5 Å². The standard InChI is InChI=1S/C24H29BFNO/c1-17-21-13-20(24(21,2)3)14-22(17)25(26)27(15-18-9-5-4-6-10-18)16-19-11-7-8-12-23(19)28-25/h4-12,16-17,20-22H,13-15H2,1-3H3/t17-,20+,21-,22-,25-/m1/s1. The van der Waals surface area contributed by atoms with E-state index >= 15 is 4.32 Å². The van der Waals surface area contributed by atoms with Crippen LogP contribution in [0.3, 0.4) is 0 Å². The minimum atomic E-state index is -2.64. The Morgan fingerprint density at radius 2 is 1.79 bits per heavy atom. The molecule has 2 aromatic rings. The van der Waals surface area contributed by atoms with Crippen LogP contribution < -0.4 is 4.65 Å².